The van der Waals surface area contributed by atoms with E-state index in [4.69, 9.17) is 0 Å². The number of anilines is 2. The van der Waals surface area contributed by atoms with Crippen molar-refractivity contribution in [1.82, 2.24) is 10.7 Å². The zero-order valence-corrected chi connectivity index (χ0v) is 14.9. The smallest absolute Gasteiger partial charge is 0.236 e. The highest BCUT2D eigenvalue weighted by molar-refractivity contribution is 6.09. The fourth-order valence-electron chi connectivity index (χ4n) is 3.83. The average molecular weight is 368 g/mol. The first-order chi connectivity index (χ1) is 13.1. The summed E-state index contributed by atoms with van der Waals surface area (Å²) in [5.74, 6) is -2.38. The van der Waals surface area contributed by atoms with E-state index in [9.17, 15) is 14.0 Å². The summed E-state index contributed by atoms with van der Waals surface area (Å²) in [6.07, 6.45) is -0.229. The average Bonchev–Trinajstić information content (AvgIpc) is 3.02. The largest absolute Gasteiger partial charge is 0.323 e. The van der Waals surface area contributed by atoms with Gasteiger partial charge in [0.2, 0.25) is 5.91 Å². The number of amides is 1. The monoisotopic (exact) mass is 368 g/mol. The summed E-state index contributed by atoms with van der Waals surface area (Å²) in [4.78, 5) is 25.7. The molecule has 7 heteroatoms. The predicted molar refractivity (Wildman–Crippen MR) is 100 cm³/mol. The Hall–Kier alpha value is -2.77. The number of carbonyl (C=O) groups is 2. The van der Waals surface area contributed by atoms with E-state index in [2.05, 4.69) is 16.1 Å². The molecule has 0 saturated carbocycles. The zero-order valence-electron chi connectivity index (χ0n) is 14.9. The molecule has 6 nitrogen and oxygen atoms in total. The molecule has 4 rings (SSSR count). The number of piperidine rings is 1. The lowest BCUT2D eigenvalue weighted by atomic mass is 9.83. The summed E-state index contributed by atoms with van der Waals surface area (Å²) in [5.41, 5.74) is 4.35. The van der Waals surface area contributed by atoms with Crippen molar-refractivity contribution in [2.75, 3.05) is 16.9 Å². The van der Waals surface area contributed by atoms with Crippen LogP contribution < -0.4 is 21.1 Å². The molecular weight excluding hydrogens is 347 g/mol. The first-order valence-corrected chi connectivity index (χ1v) is 8.99. The van der Waals surface area contributed by atoms with E-state index in [1.165, 1.54) is 12.1 Å². The minimum absolute atomic E-state index is 0.0842. The second-order valence-electron chi connectivity index (χ2n) is 6.93. The fraction of sp³-hybridized carbons (Fsp3) is 0.300. The van der Waals surface area contributed by atoms with Crippen LogP contribution in [0.2, 0.25) is 0 Å². The molecule has 1 amide bonds. The normalized spacial score (nSPS) is 27.3. The summed E-state index contributed by atoms with van der Waals surface area (Å²) in [6.45, 7) is 2.13. The Kier molecular flexibility index (Phi) is 4.63. The second kappa shape index (κ2) is 7.09. The van der Waals surface area contributed by atoms with Crippen LogP contribution in [0.3, 0.4) is 0 Å². The SMILES string of the molecule is CC1NN(c2ccccc2)C2NCC(C(=O)Nc3ccccc3F)C(=O)C12. The Morgan fingerprint density at radius 3 is 2.59 bits per heavy atom. The highest BCUT2D eigenvalue weighted by Crippen LogP contribution is 2.31. The maximum Gasteiger partial charge on any atom is 0.236 e. The summed E-state index contributed by atoms with van der Waals surface area (Å²) in [6, 6.07) is 15.5. The van der Waals surface area contributed by atoms with Gasteiger partial charge < -0.3 is 5.32 Å². The van der Waals surface area contributed by atoms with E-state index in [0.717, 1.165) is 5.69 Å². The Balaban J connectivity index is 1.51. The molecule has 140 valence electrons. The second-order valence-corrected chi connectivity index (χ2v) is 6.93. The number of hydrogen-bond donors (Lipinski definition) is 3. The number of hydrogen-bond acceptors (Lipinski definition) is 5. The summed E-state index contributed by atoms with van der Waals surface area (Å²) < 4.78 is 13.8. The van der Waals surface area contributed by atoms with Crippen molar-refractivity contribution < 1.29 is 14.0 Å². The zero-order chi connectivity index (χ0) is 19.0. The van der Waals surface area contributed by atoms with Crippen LogP contribution in [0.1, 0.15) is 6.92 Å². The lowest BCUT2D eigenvalue weighted by Crippen LogP contribution is -2.58. The van der Waals surface area contributed by atoms with Gasteiger partial charge in [0.1, 0.15) is 17.9 Å². The van der Waals surface area contributed by atoms with E-state index >= 15 is 0 Å². The number of rotatable bonds is 3. The van der Waals surface area contributed by atoms with Gasteiger partial charge in [-0.05, 0) is 31.2 Å². The Morgan fingerprint density at radius 2 is 1.85 bits per heavy atom. The van der Waals surface area contributed by atoms with Gasteiger partial charge in [0.25, 0.3) is 0 Å². The standard InChI is InChI=1S/C20H21FN4O2/c1-12-17-18(26)14(20(27)23-16-10-6-5-9-15(16)21)11-22-19(17)25(24-12)13-7-3-2-4-8-13/h2-10,12,14,17,19,22,24H,11H2,1H3,(H,23,27). The molecule has 0 bridgehead atoms. The maximum atomic E-state index is 13.8. The molecule has 0 aliphatic carbocycles. The number of benzene rings is 2. The molecule has 2 heterocycles. The van der Waals surface area contributed by atoms with Gasteiger partial charge in [0.05, 0.1) is 17.3 Å². The molecule has 2 fully saturated rings. The molecule has 0 aromatic heterocycles. The van der Waals surface area contributed by atoms with E-state index in [0.29, 0.717) is 0 Å². The Bertz CT molecular complexity index is 860. The summed E-state index contributed by atoms with van der Waals surface area (Å²) in [5, 5.41) is 7.79. The molecule has 0 spiro atoms. The quantitative estimate of drug-likeness (QED) is 0.722. The summed E-state index contributed by atoms with van der Waals surface area (Å²) >= 11 is 0. The summed E-state index contributed by atoms with van der Waals surface area (Å²) in [7, 11) is 0. The third kappa shape index (κ3) is 3.20. The van der Waals surface area contributed by atoms with Gasteiger partial charge in [0, 0.05) is 12.6 Å². The van der Waals surface area contributed by atoms with E-state index in [1.807, 2.05) is 42.3 Å². The fourth-order valence-corrected chi connectivity index (χ4v) is 3.83. The van der Waals surface area contributed by atoms with Crippen LogP contribution >= 0.6 is 0 Å². The minimum atomic E-state index is -0.856. The highest BCUT2D eigenvalue weighted by Gasteiger charge is 2.50. The lowest BCUT2D eigenvalue weighted by molar-refractivity contribution is -0.136. The van der Waals surface area contributed by atoms with Crippen molar-refractivity contribution in [1.29, 1.82) is 0 Å². The van der Waals surface area contributed by atoms with Crippen molar-refractivity contribution in [3.63, 3.8) is 0 Å². The number of ketones is 1. The van der Waals surface area contributed by atoms with Gasteiger partial charge in [0.15, 0.2) is 5.78 Å². The molecule has 2 aromatic rings. The highest BCUT2D eigenvalue weighted by atomic mass is 19.1. The van der Waals surface area contributed by atoms with Crippen LogP contribution in [0, 0.1) is 17.7 Å². The van der Waals surface area contributed by atoms with Crippen molar-refractivity contribution in [3.8, 4) is 0 Å². The number of hydrazine groups is 1. The van der Waals surface area contributed by atoms with Gasteiger partial charge in [-0.3, -0.25) is 19.9 Å². The molecule has 2 saturated heterocycles. The Morgan fingerprint density at radius 1 is 1.15 bits per heavy atom. The third-order valence-corrected chi connectivity index (χ3v) is 5.19. The van der Waals surface area contributed by atoms with Crippen molar-refractivity contribution >= 4 is 23.1 Å². The van der Waals surface area contributed by atoms with Crippen LogP contribution in [0.25, 0.3) is 0 Å². The number of nitrogens with zero attached hydrogens (tertiary/aromatic N) is 1. The first-order valence-electron chi connectivity index (χ1n) is 8.99. The minimum Gasteiger partial charge on any atom is -0.323 e. The van der Waals surface area contributed by atoms with Crippen LogP contribution in [0.5, 0.6) is 0 Å². The van der Waals surface area contributed by atoms with E-state index in [1.54, 1.807) is 12.1 Å². The van der Waals surface area contributed by atoms with E-state index in [-0.39, 0.29) is 36.1 Å². The Labute approximate surface area is 156 Å². The first kappa shape index (κ1) is 17.6. The molecule has 2 aliphatic heterocycles. The topological polar surface area (TPSA) is 73.5 Å². The van der Waals surface area contributed by atoms with Gasteiger partial charge in [-0.1, -0.05) is 30.3 Å². The predicted octanol–water partition coefficient (Wildman–Crippen LogP) is 1.91. The molecule has 3 N–H and O–H groups in total. The van der Waals surface area contributed by atoms with Crippen molar-refractivity contribution in [3.05, 3.63) is 60.4 Å². The van der Waals surface area contributed by atoms with Crippen molar-refractivity contribution in [2.24, 2.45) is 11.8 Å². The number of para-hydroxylation sites is 2. The number of nitrogens with one attached hydrogen (secondary N) is 3. The molecule has 4 atom stereocenters. The number of halogens is 1. The van der Waals surface area contributed by atoms with Gasteiger partial charge in [-0.25, -0.2) is 9.82 Å². The van der Waals surface area contributed by atoms with Crippen LogP contribution in [-0.4, -0.2) is 30.4 Å². The molecule has 0 radical (unpaired) electrons. The third-order valence-electron chi connectivity index (χ3n) is 5.19. The molecule has 2 aromatic carbocycles. The van der Waals surface area contributed by atoms with Gasteiger partial charge >= 0.3 is 0 Å². The van der Waals surface area contributed by atoms with Gasteiger partial charge in [-0.2, -0.15) is 0 Å². The lowest BCUT2D eigenvalue weighted by Gasteiger charge is -2.35. The molecule has 2 aliphatic rings. The molecule has 4 unspecified atom stereocenters. The van der Waals surface area contributed by atoms with Gasteiger partial charge in [-0.15, -0.1) is 0 Å². The van der Waals surface area contributed by atoms with Crippen LogP contribution in [-0.2, 0) is 9.59 Å². The van der Waals surface area contributed by atoms with E-state index < -0.39 is 17.6 Å². The number of Topliss-reactive ketones (excluding diaryl/α,β-unsaturated/α-hetero) is 1. The number of fused-ring (bicyclic) bond motifs is 1. The van der Waals surface area contributed by atoms with Crippen LogP contribution in [0.4, 0.5) is 15.8 Å². The maximum absolute atomic E-state index is 13.8. The number of carbonyl (C=O) groups excluding carboxylic acids is 2. The van der Waals surface area contributed by atoms with Crippen LogP contribution in [0.15, 0.2) is 54.6 Å². The molecular formula is C20H21FN4O2. The molecule has 27 heavy (non-hydrogen) atoms. The van der Waals surface area contributed by atoms with Crippen molar-refractivity contribution in [2.45, 2.75) is 19.1 Å².